The summed E-state index contributed by atoms with van der Waals surface area (Å²) >= 11 is 3.42. The maximum atomic E-state index is 13.3. The Morgan fingerprint density at radius 3 is 2.70 bits per heavy atom. The van der Waals surface area contributed by atoms with Crippen molar-refractivity contribution in [2.75, 3.05) is 0 Å². The molecule has 0 unspecified atom stereocenters. The average molecular weight is 557 g/mol. The topological polar surface area (TPSA) is 99.6 Å². The number of nitrogens with zero attached hydrogens (tertiary/aromatic N) is 4. The largest absolute Gasteiger partial charge is 0.488 e. The minimum atomic E-state index is -0.434. The number of ether oxygens (including phenoxy) is 1. The first-order valence-corrected chi connectivity index (χ1v) is 12.4. The van der Waals surface area contributed by atoms with Gasteiger partial charge in [0.15, 0.2) is 0 Å². The molecule has 9 heteroatoms. The molecule has 0 radical (unpaired) electrons. The van der Waals surface area contributed by atoms with Gasteiger partial charge in [-0.3, -0.25) is 14.9 Å². The van der Waals surface area contributed by atoms with Crippen molar-refractivity contribution in [2.24, 2.45) is 5.10 Å². The molecule has 0 spiro atoms. The Balaban J connectivity index is 1.58. The Labute approximate surface area is 220 Å². The van der Waals surface area contributed by atoms with Gasteiger partial charge in [-0.25, -0.2) is 4.98 Å². The summed E-state index contributed by atoms with van der Waals surface area (Å²) in [6.07, 6.45) is 2.13. The van der Waals surface area contributed by atoms with Gasteiger partial charge in [0.25, 0.3) is 11.2 Å². The van der Waals surface area contributed by atoms with Crippen LogP contribution >= 0.6 is 15.9 Å². The van der Waals surface area contributed by atoms with Gasteiger partial charge in [-0.15, -0.1) is 0 Å². The Hall–Kier alpha value is -4.37. The fraction of sp³-hybridized carbons (Fsp3) is 0.107. The van der Waals surface area contributed by atoms with E-state index in [2.05, 4.69) is 26.0 Å². The Morgan fingerprint density at radius 2 is 1.89 bits per heavy atom. The fourth-order valence-corrected chi connectivity index (χ4v) is 4.47. The smallest absolute Gasteiger partial charge is 0.282 e. The van der Waals surface area contributed by atoms with E-state index in [9.17, 15) is 14.9 Å². The third-order valence-electron chi connectivity index (χ3n) is 5.94. The number of halogens is 1. The number of rotatable bonds is 7. The molecule has 0 atom stereocenters. The van der Waals surface area contributed by atoms with Crippen LogP contribution in [0.3, 0.4) is 0 Å². The summed E-state index contributed by atoms with van der Waals surface area (Å²) in [5, 5.41) is 18.0. The van der Waals surface area contributed by atoms with E-state index < -0.39 is 4.92 Å². The number of fused-ring (bicyclic) bond motifs is 2. The molecule has 0 saturated carbocycles. The molecule has 0 saturated heterocycles. The molecule has 5 aromatic rings. The highest BCUT2D eigenvalue weighted by atomic mass is 79.9. The molecule has 184 valence electrons. The lowest BCUT2D eigenvalue weighted by Gasteiger charge is -2.13. The number of benzene rings is 4. The maximum absolute atomic E-state index is 13.3. The zero-order valence-corrected chi connectivity index (χ0v) is 21.4. The van der Waals surface area contributed by atoms with Crippen LogP contribution in [0.1, 0.15) is 23.9 Å². The molecule has 0 bridgehead atoms. The van der Waals surface area contributed by atoms with E-state index in [1.165, 1.54) is 16.8 Å². The highest BCUT2D eigenvalue weighted by molar-refractivity contribution is 9.10. The summed E-state index contributed by atoms with van der Waals surface area (Å²) in [7, 11) is 0. The zero-order valence-electron chi connectivity index (χ0n) is 19.8. The highest BCUT2D eigenvalue weighted by Crippen LogP contribution is 2.28. The predicted octanol–water partition coefficient (Wildman–Crippen LogP) is 6.24. The average Bonchev–Trinajstić information content (AvgIpc) is 2.92. The third kappa shape index (κ3) is 4.99. The SMILES string of the molecule is CCc1nc2ccc(Br)cc2c(=O)n1N=Cc1c(OCc2cccc([N+](=O)[O-])c2)ccc2ccccc12. The molecule has 0 aliphatic heterocycles. The van der Waals surface area contributed by atoms with Gasteiger partial charge in [-0.2, -0.15) is 9.78 Å². The molecular weight excluding hydrogens is 536 g/mol. The summed E-state index contributed by atoms with van der Waals surface area (Å²) in [6.45, 7) is 2.05. The Morgan fingerprint density at radius 1 is 1.05 bits per heavy atom. The zero-order chi connectivity index (χ0) is 25.9. The number of non-ortho nitro benzene ring substituents is 1. The molecule has 0 aliphatic carbocycles. The number of nitro benzene ring substituents is 1. The van der Waals surface area contributed by atoms with E-state index in [0.29, 0.717) is 40.0 Å². The fourth-order valence-electron chi connectivity index (χ4n) is 4.11. The molecule has 1 aromatic heterocycles. The number of hydrogen-bond donors (Lipinski definition) is 0. The lowest BCUT2D eigenvalue weighted by atomic mass is 10.0. The summed E-state index contributed by atoms with van der Waals surface area (Å²) in [5.74, 6) is 1.08. The van der Waals surface area contributed by atoms with Crippen LogP contribution in [-0.4, -0.2) is 20.8 Å². The molecule has 5 rings (SSSR count). The summed E-state index contributed by atoms with van der Waals surface area (Å²) in [4.78, 5) is 28.7. The quantitative estimate of drug-likeness (QED) is 0.134. The first kappa shape index (κ1) is 24.3. The van der Waals surface area contributed by atoms with Crippen LogP contribution in [0.2, 0.25) is 0 Å². The van der Waals surface area contributed by atoms with Crippen LogP contribution in [0.5, 0.6) is 5.75 Å². The molecule has 37 heavy (non-hydrogen) atoms. The maximum Gasteiger partial charge on any atom is 0.282 e. The van der Waals surface area contributed by atoms with Crippen molar-refractivity contribution in [3.63, 3.8) is 0 Å². The van der Waals surface area contributed by atoms with E-state index in [0.717, 1.165) is 15.2 Å². The van der Waals surface area contributed by atoms with Gasteiger partial charge >= 0.3 is 0 Å². The molecule has 0 amide bonds. The van der Waals surface area contributed by atoms with Gasteiger partial charge in [0.05, 0.1) is 22.0 Å². The number of hydrogen-bond acceptors (Lipinski definition) is 6. The lowest BCUT2D eigenvalue weighted by molar-refractivity contribution is -0.384. The Kier molecular flexibility index (Phi) is 6.78. The minimum absolute atomic E-state index is 0.00306. The molecule has 0 fully saturated rings. The van der Waals surface area contributed by atoms with Crippen LogP contribution in [-0.2, 0) is 13.0 Å². The molecule has 0 aliphatic rings. The summed E-state index contributed by atoms with van der Waals surface area (Å²) in [5.41, 5.74) is 1.70. The number of aryl methyl sites for hydroxylation is 1. The minimum Gasteiger partial charge on any atom is -0.488 e. The van der Waals surface area contributed by atoms with Crippen LogP contribution in [0, 0.1) is 10.1 Å². The van der Waals surface area contributed by atoms with E-state index in [1.54, 1.807) is 30.5 Å². The van der Waals surface area contributed by atoms with Crippen molar-refractivity contribution in [3.05, 3.63) is 121 Å². The number of nitro groups is 1. The standard InChI is InChI=1S/C28H21BrN4O4/c1-2-27-31-25-12-11-20(29)15-23(25)28(34)32(27)30-16-24-22-9-4-3-7-19(22)10-13-26(24)37-17-18-6-5-8-21(14-18)33(35)36/h3-16H,2,17H2,1H3. The van der Waals surface area contributed by atoms with Crippen LogP contribution in [0.15, 0.2) is 93.2 Å². The summed E-state index contributed by atoms with van der Waals surface area (Å²) < 4.78 is 8.21. The predicted molar refractivity (Wildman–Crippen MR) is 147 cm³/mol. The molecular formula is C28H21BrN4O4. The number of aromatic nitrogens is 2. The van der Waals surface area contributed by atoms with E-state index in [1.807, 2.05) is 49.4 Å². The first-order chi connectivity index (χ1) is 17.9. The van der Waals surface area contributed by atoms with Crippen LogP contribution in [0.25, 0.3) is 21.7 Å². The third-order valence-corrected chi connectivity index (χ3v) is 6.43. The molecule has 0 N–H and O–H groups in total. The Bertz CT molecular complexity index is 1750. The van der Waals surface area contributed by atoms with Crippen molar-refractivity contribution in [2.45, 2.75) is 20.0 Å². The van der Waals surface area contributed by atoms with Gasteiger partial charge in [-0.1, -0.05) is 65.3 Å². The van der Waals surface area contributed by atoms with Crippen molar-refractivity contribution < 1.29 is 9.66 Å². The van der Waals surface area contributed by atoms with Gasteiger partial charge in [0, 0.05) is 28.6 Å². The second kappa shape index (κ2) is 10.3. The first-order valence-electron chi connectivity index (χ1n) is 11.6. The van der Waals surface area contributed by atoms with Gasteiger partial charge < -0.3 is 4.74 Å². The highest BCUT2D eigenvalue weighted by Gasteiger charge is 2.13. The van der Waals surface area contributed by atoms with Crippen molar-refractivity contribution >= 4 is 49.5 Å². The van der Waals surface area contributed by atoms with E-state index in [4.69, 9.17) is 4.74 Å². The van der Waals surface area contributed by atoms with Crippen LogP contribution in [0.4, 0.5) is 5.69 Å². The van der Waals surface area contributed by atoms with Gasteiger partial charge in [0.2, 0.25) is 0 Å². The van der Waals surface area contributed by atoms with Crippen molar-refractivity contribution in [1.29, 1.82) is 0 Å². The molecule has 1 heterocycles. The molecule has 8 nitrogen and oxygen atoms in total. The lowest BCUT2D eigenvalue weighted by Crippen LogP contribution is -2.22. The van der Waals surface area contributed by atoms with Crippen LogP contribution < -0.4 is 10.3 Å². The second-order valence-electron chi connectivity index (χ2n) is 8.32. The van der Waals surface area contributed by atoms with Crippen molar-refractivity contribution in [1.82, 2.24) is 9.66 Å². The molecule has 4 aromatic carbocycles. The second-order valence-corrected chi connectivity index (χ2v) is 9.23. The van der Waals surface area contributed by atoms with Gasteiger partial charge in [0.1, 0.15) is 18.2 Å². The van der Waals surface area contributed by atoms with Crippen molar-refractivity contribution in [3.8, 4) is 5.75 Å². The van der Waals surface area contributed by atoms with E-state index >= 15 is 0 Å². The van der Waals surface area contributed by atoms with Gasteiger partial charge in [-0.05, 0) is 40.6 Å². The van der Waals surface area contributed by atoms with E-state index in [-0.39, 0.29) is 17.9 Å². The monoisotopic (exact) mass is 556 g/mol. The summed E-state index contributed by atoms with van der Waals surface area (Å²) in [6, 6.07) is 23.3. The normalized spacial score (nSPS) is 11.4.